The first-order valence-electron chi connectivity index (χ1n) is 4.53. The van der Waals surface area contributed by atoms with Crippen LogP contribution in [0.15, 0.2) is 18.2 Å². The highest BCUT2D eigenvalue weighted by Gasteiger charge is 2.19. The SMILES string of the molecule is C#CCOc1ccc2c(c1)CCC2=O. The maximum atomic E-state index is 11.3. The van der Waals surface area contributed by atoms with Gasteiger partial charge in [-0.25, -0.2) is 0 Å². The minimum absolute atomic E-state index is 0.225. The Morgan fingerprint density at radius 2 is 2.29 bits per heavy atom. The van der Waals surface area contributed by atoms with Gasteiger partial charge in [0, 0.05) is 12.0 Å². The van der Waals surface area contributed by atoms with Gasteiger partial charge in [-0.2, -0.15) is 0 Å². The van der Waals surface area contributed by atoms with Crippen molar-refractivity contribution in [3.8, 4) is 18.1 Å². The molecule has 1 aliphatic carbocycles. The number of fused-ring (bicyclic) bond motifs is 1. The molecule has 14 heavy (non-hydrogen) atoms. The molecule has 2 nitrogen and oxygen atoms in total. The van der Waals surface area contributed by atoms with Gasteiger partial charge < -0.3 is 4.74 Å². The van der Waals surface area contributed by atoms with E-state index < -0.39 is 0 Å². The molecule has 0 heterocycles. The van der Waals surface area contributed by atoms with Gasteiger partial charge in [0.15, 0.2) is 5.78 Å². The zero-order valence-corrected chi connectivity index (χ0v) is 7.75. The summed E-state index contributed by atoms with van der Waals surface area (Å²) >= 11 is 0. The number of hydrogen-bond donors (Lipinski definition) is 0. The molecule has 1 aliphatic rings. The fraction of sp³-hybridized carbons (Fsp3) is 0.250. The van der Waals surface area contributed by atoms with Crippen LogP contribution in [-0.2, 0) is 6.42 Å². The maximum Gasteiger partial charge on any atom is 0.163 e. The van der Waals surface area contributed by atoms with E-state index in [1.54, 1.807) is 6.07 Å². The summed E-state index contributed by atoms with van der Waals surface area (Å²) in [5, 5.41) is 0. The topological polar surface area (TPSA) is 26.3 Å². The van der Waals surface area contributed by atoms with E-state index in [1.165, 1.54) is 0 Å². The lowest BCUT2D eigenvalue weighted by Gasteiger charge is -2.03. The molecule has 1 aromatic carbocycles. The standard InChI is InChI=1S/C12H10O2/c1-2-7-14-10-4-5-11-9(8-10)3-6-12(11)13/h1,4-5,8H,3,6-7H2. The molecule has 1 aromatic rings. The molecular weight excluding hydrogens is 176 g/mol. The minimum Gasteiger partial charge on any atom is -0.481 e. The quantitative estimate of drug-likeness (QED) is 0.658. The van der Waals surface area contributed by atoms with E-state index in [1.807, 2.05) is 12.1 Å². The Balaban J connectivity index is 2.25. The molecule has 0 fully saturated rings. The average molecular weight is 186 g/mol. The Morgan fingerprint density at radius 3 is 3.07 bits per heavy atom. The largest absolute Gasteiger partial charge is 0.481 e. The van der Waals surface area contributed by atoms with Crippen molar-refractivity contribution < 1.29 is 9.53 Å². The number of Topliss-reactive ketones (excluding diaryl/α,β-unsaturated/α-hetero) is 1. The summed E-state index contributed by atoms with van der Waals surface area (Å²) < 4.78 is 5.27. The summed E-state index contributed by atoms with van der Waals surface area (Å²) in [5.74, 6) is 3.38. The van der Waals surface area contributed by atoms with Crippen LogP contribution in [0.4, 0.5) is 0 Å². The van der Waals surface area contributed by atoms with Gasteiger partial charge in [0.05, 0.1) is 0 Å². The van der Waals surface area contributed by atoms with E-state index in [0.29, 0.717) is 6.42 Å². The van der Waals surface area contributed by atoms with Gasteiger partial charge in [-0.1, -0.05) is 5.92 Å². The molecule has 0 aliphatic heterocycles. The summed E-state index contributed by atoms with van der Waals surface area (Å²) in [4.78, 5) is 11.3. The van der Waals surface area contributed by atoms with E-state index >= 15 is 0 Å². The minimum atomic E-state index is 0.225. The van der Waals surface area contributed by atoms with Crippen LogP contribution < -0.4 is 4.74 Å². The Hall–Kier alpha value is -1.75. The van der Waals surface area contributed by atoms with Crippen LogP contribution in [0.2, 0.25) is 0 Å². The highest BCUT2D eigenvalue weighted by Crippen LogP contribution is 2.25. The third kappa shape index (κ3) is 1.49. The van der Waals surface area contributed by atoms with Crippen molar-refractivity contribution in [2.75, 3.05) is 6.61 Å². The molecule has 0 atom stereocenters. The second-order valence-electron chi connectivity index (χ2n) is 3.23. The molecule has 2 heteroatoms. The third-order valence-corrected chi connectivity index (χ3v) is 2.32. The molecule has 0 radical (unpaired) electrons. The Morgan fingerprint density at radius 1 is 1.43 bits per heavy atom. The monoisotopic (exact) mass is 186 g/mol. The van der Waals surface area contributed by atoms with Crippen molar-refractivity contribution in [1.82, 2.24) is 0 Å². The fourth-order valence-corrected chi connectivity index (χ4v) is 1.65. The number of aryl methyl sites for hydroxylation is 1. The van der Waals surface area contributed by atoms with Crippen molar-refractivity contribution in [3.63, 3.8) is 0 Å². The molecule has 0 saturated heterocycles. The Kier molecular flexibility index (Phi) is 2.24. The molecule has 0 bridgehead atoms. The first-order valence-corrected chi connectivity index (χ1v) is 4.53. The predicted molar refractivity (Wildman–Crippen MR) is 53.4 cm³/mol. The lowest BCUT2D eigenvalue weighted by atomic mass is 10.1. The van der Waals surface area contributed by atoms with Crippen LogP contribution in [0.25, 0.3) is 0 Å². The van der Waals surface area contributed by atoms with Crippen LogP contribution in [0.3, 0.4) is 0 Å². The molecule has 70 valence electrons. The third-order valence-electron chi connectivity index (χ3n) is 2.32. The van der Waals surface area contributed by atoms with Gasteiger partial charge in [0.25, 0.3) is 0 Å². The summed E-state index contributed by atoms with van der Waals surface area (Å²) in [6.45, 7) is 0.271. The van der Waals surface area contributed by atoms with E-state index in [0.717, 1.165) is 23.3 Å². The van der Waals surface area contributed by atoms with Crippen LogP contribution >= 0.6 is 0 Å². The normalized spacial score (nSPS) is 13.5. The molecule has 0 spiro atoms. The van der Waals surface area contributed by atoms with Crippen LogP contribution in [0, 0.1) is 12.3 Å². The van der Waals surface area contributed by atoms with Crippen LogP contribution in [0.1, 0.15) is 22.3 Å². The van der Waals surface area contributed by atoms with Crippen molar-refractivity contribution >= 4 is 5.78 Å². The number of ether oxygens (including phenoxy) is 1. The number of carbonyl (C=O) groups is 1. The zero-order chi connectivity index (χ0) is 9.97. The number of terminal acetylenes is 1. The van der Waals surface area contributed by atoms with Crippen molar-refractivity contribution in [2.24, 2.45) is 0 Å². The number of hydrogen-bond acceptors (Lipinski definition) is 2. The van der Waals surface area contributed by atoms with Gasteiger partial charge in [-0.15, -0.1) is 6.42 Å². The lowest BCUT2D eigenvalue weighted by Crippen LogP contribution is -1.95. The summed E-state index contributed by atoms with van der Waals surface area (Å²) in [6, 6.07) is 5.51. The molecule has 0 amide bonds. The Labute approximate surface area is 82.9 Å². The molecule has 0 saturated carbocycles. The second-order valence-corrected chi connectivity index (χ2v) is 3.23. The number of carbonyl (C=O) groups excluding carboxylic acids is 1. The van der Waals surface area contributed by atoms with Gasteiger partial charge in [-0.3, -0.25) is 4.79 Å². The van der Waals surface area contributed by atoms with E-state index in [2.05, 4.69) is 5.92 Å². The summed E-state index contributed by atoms with van der Waals surface area (Å²) in [6.07, 6.45) is 6.52. The summed E-state index contributed by atoms with van der Waals surface area (Å²) in [5.41, 5.74) is 1.91. The molecule has 0 aromatic heterocycles. The van der Waals surface area contributed by atoms with E-state index in [4.69, 9.17) is 11.2 Å². The predicted octanol–water partition coefficient (Wildman–Crippen LogP) is 1.83. The molecule has 0 unspecified atom stereocenters. The molecular formula is C12H10O2. The van der Waals surface area contributed by atoms with E-state index in [9.17, 15) is 4.79 Å². The highest BCUT2D eigenvalue weighted by atomic mass is 16.5. The second kappa shape index (κ2) is 3.55. The average Bonchev–Trinajstić information content (AvgIpc) is 2.57. The van der Waals surface area contributed by atoms with Gasteiger partial charge >= 0.3 is 0 Å². The van der Waals surface area contributed by atoms with E-state index in [-0.39, 0.29) is 12.4 Å². The van der Waals surface area contributed by atoms with Gasteiger partial charge in [0.2, 0.25) is 0 Å². The van der Waals surface area contributed by atoms with Crippen molar-refractivity contribution in [2.45, 2.75) is 12.8 Å². The maximum absolute atomic E-state index is 11.3. The number of benzene rings is 1. The van der Waals surface area contributed by atoms with Crippen molar-refractivity contribution in [3.05, 3.63) is 29.3 Å². The fourth-order valence-electron chi connectivity index (χ4n) is 1.65. The number of ketones is 1. The first kappa shape index (κ1) is 8.83. The smallest absolute Gasteiger partial charge is 0.163 e. The van der Waals surface area contributed by atoms with Crippen LogP contribution in [0.5, 0.6) is 5.75 Å². The first-order chi connectivity index (χ1) is 6.81. The van der Waals surface area contributed by atoms with Crippen molar-refractivity contribution in [1.29, 1.82) is 0 Å². The molecule has 2 rings (SSSR count). The lowest BCUT2D eigenvalue weighted by molar-refractivity contribution is 0.0994. The molecule has 0 N–H and O–H groups in total. The van der Waals surface area contributed by atoms with Gasteiger partial charge in [-0.05, 0) is 30.2 Å². The number of rotatable bonds is 2. The zero-order valence-electron chi connectivity index (χ0n) is 7.75. The summed E-state index contributed by atoms with van der Waals surface area (Å²) in [7, 11) is 0. The van der Waals surface area contributed by atoms with Crippen LogP contribution in [-0.4, -0.2) is 12.4 Å². The Bertz CT molecular complexity index is 413. The highest BCUT2D eigenvalue weighted by molar-refractivity contribution is 6.00. The van der Waals surface area contributed by atoms with Gasteiger partial charge in [0.1, 0.15) is 12.4 Å².